The van der Waals surface area contributed by atoms with E-state index in [0.717, 1.165) is 11.3 Å². The van der Waals surface area contributed by atoms with Gasteiger partial charge >= 0.3 is 0 Å². The number of thiocarbonyl (C=S) groups is 1. The molecule has 0 aromatic heterocycles. The molecule has 2 heterocycles. The number of rotatable bonds is 4. The minimum atomic E-state index is -0.981. The zero-order chi connectivity index (χ0) is 19.9. The summed E-state index contributed by atoms with van der Waals surface area (Å²) in [6, 6.07) is 12.4. The lowest BCUT2D eigenvalue weighted by atomic mass is 9.80. The SMILES string of the molecule is COc1ccc(NC(=O)[C@H]2[C@@H]3NC(=S)N[C@]2(C)Oc2ccc(OC)cc23)cc1. The van der Waals surface area contributed by atoms with Gasteiger partial charge in [-0.3, -0.25) is 4.79 Å². The molecule has 2 bridgehead atoms. The highest BCUT2D eigenvalue weighted by atomic mass is 32.1. The van der Waals surface area contributed by atoms with E-state index < -0.39 is 11.6 Å². The molecule has 0 aliphatic carbocycles. The predicted octanol–water partition coefficient (Wildman–Crippen LogP) is 2.59. The van der Waals surface area contributed by atoms with Crippen molar-refractivity contribution in [2.75, 3.05) is 19.5 Å². The second kappa shape index (κ2) is 6.87. The van der Waals surface area contributed by atoms with Crippen LogP contribution in [0.5, 0.6) is 17.2 Å². The Morgan fingerprint density at radius 2 is 1.82 bits per heavy atom. The maximum absolute atomic E-state index is 13.2. The molecular formula is C20H21N3O4S. The van der Waals surface area contributed by atoms with Crippen molar-refractivity contribution < 1.29 is 19.0 Å². The fraction of sp³-hybridized carbons (Fsp3) is 0.300. The first-order valence-corrected chi connectivity index (χ1v) is 9.25. The maximum atomic E-state index is 13.2. The number of anilines is 1. The molecule has 2 aliphatic heterocycles. The summed E-state index contributed by atoms with van der Waals surface area (Å²) < 4.78 is 16.7. The summed E-state index contributed by atoms with van der Waals surface area (Å²) in [5.74, 6) is 1.34. The number of amides is 1. The second-order valence-electron chi connectivity index (χ2n) is 6.88. The maximum Gasteiger partial charge on any atom is 0.236 e. The molecule has 3 atom stereocenters. The smallest absolute Gasteiger partial charge is 0.236 e. The number of methoxy groups -OCH3 is 2. The van der Waals surface area contributed by atoms with Crippen molar-refractivity contribution in [2.24, 2.45) is 5.92 Å². The predicted molar refractivity (Wildman–Crippen MR) is 109 cm³/mol. The van der Waals surface area contributed by atoms with Crippen LogP contribution in [0.25, 0.3) is 0 Å². The third-order valence-electron chi connectivity index (χ3n) is 5.09. The summed E-state index contributed by atoms with van der Waals surface area (Å²) in [5.41, 5.74) is 0.521. The Kier molecular flexibility index (Phi) is 4.50. The Bertz CT molecular complexity index is 934. The molecule has 4 rings (SSSR count). The summed E-state index contributed by atoms with van der Waals surface area (Å²) in [6.45, 7) is 1.83. The molecule has 2 aromatic rings. The average molecular weight is 399 g/mol. The van der Waals surface area contributed by atoms with Crippen LogP contribution >= 0.6 is 12.2 Å². The van der Waals surface area contributed by atoms with Crippen LogP contribution in [-0.4, -0.2) is 31.0 Å². The van der Waals surface area contributed by atoms with E-state index in [2.05, 4.69) is 16.0 Å². The molecule has 3 N–H and O–H groups in total. The fourth-order valence-electron chi connectivity index (χ4n) is 3.74. The summed E-state index contributed by atoms with van der Waals surface area (Å²) in [6.07, 6.45) is 0. The molecule has 0 unspecified atom stereocenters. The summed E-state index contributed by atoms with van der Waals surface area (Å²) >= 11 is 5.34. The normalized spacial score (nSPS) is 24.8. The number of carbonyl (C=O) groups excluding carboxylic acids is 1. The van der Waals surface area contributed by atoms with E-state index in [1.165, 1.54) is 0 Å². The van der Waals surface area contributed by atoms with E-state index in [1.807, 2.05) is 25.1 Å². The van der Waals surface area contributed by atoms with Gasteiger partial charge in [-0.15, -0.1) is 0 Å². The van der Waals surface area contributed by atoms with Crippen LogP contribution in [0, 0.1) is 5.92 Å². The molecule has 2 aromatic carbocycles. The third-order valence-corrected chi connectivity index (χ3v) is 5.31. The van der Waals surface area contributed by atoms with Crippen molar-refractivity contribution in [1.29, 1.82) is 0 Å². The van der Waals surface area contributed by atoms with Gasteiger partial charge in [-0.1, -0.05) is 0 Å². The van der Waals surface area contributed by atoms with Crippen molar-refractivity contribution in [3.8, 4) is 17.2 Å². The zero-order valence-electron chi connectivity index (χ0n) is 15.7. The Morgan fingerprint density at radius 3 is 2.50 bits per heavy atom. The van der Waals surface area contributed by atoms with Gasteiger partial charge in [0, 0.05) is 11.3 Å². The molecule has 146 valence electrons. The van der Waals surface area contributed by atoms with Crippen LogP contribution in [0.3, 0.4) is 0 Å². The van der Waals surface area contributed by atoms with Crippen LogP contribution in [-0.2, 0) is 4.79 Å². The van der Waals surface area contributed by atoms with Crippen LogP contribution in [0.2, 0.25) is 0 Å². The number of hydrogen-bond donors (Lipinski definition) is 3. The highest BCUT2D eigenvalue weighted by Gasteiger charge is 2.54. The van der Waals surface area contributed by atoms with E-state index in [-0.39, 0.29) is 11.9 Å². The summed E-state index contributed by atoms with van der Waals surface area (Å²) in [7, 11) is 3.20. The van der Waals surface area contributed by atoms with Crippen LogP contribution in [0.15, 0.2) is 42.5 Å². The fourth-order valence-corrected chi connectivity index (χ4v) is 4.07. The highest BCUT2D eigenvalue weighted by molar-refractivity contribution is 7.80. The molecule has 1 saturated heterocycles. The van der Waals surface area contributed by atoms with Crippen LogP contribution in [0.1, 0.15) is 18.5 Å². The van der Waals surface area contributed by atoms with Crippen molar-refractivity contribution in [2.45, 2.75) is 18.7 Å². The van der Waals surface area contributed by atoms with Crippen molar-refractivity contribution in [3.05, 3.63) is 48.0 Å². The van der Waals surface area contributed by atoms with E-state index in [9.17, 15) is 4.79 Å². The summed E-state index contributed by atoms with van der Waals surface area (Å²) in [5, 5.41) is 9.74. The molecule has 2 aliphatic rings. The average Bonchev–Trinajstić information content (AvgIpc) is 2.67. The lowest BCUT2D eigenvalue weighted by Crippen LogP contribution is -2.70. The van der Waals surface area contributed by atoms with E-state index in [4.69, 9.17) is 26.4 Å². The highest BCUT2D eigenvalue weighted by Crippen LogP contribution is 2.46. The molecule has 8 heteroatoms. The molecule has 0 spiro atoms. The molecule has 1 fully saturated rings. The van der Waals surface area contributed by atoms with Crippen LogP contribution < -0.4 is 30.2 Å². The monoisotopic (exact) mass is 399 g/mol. The van der Waals surface area contributed by atoms with Crippen molar-refractivity contribution in [1.82, 2.24) is 10.6 Å². The third kappa shape index (κ3) is 3.09. The number of ether oxygens (including phenoxy) is 3. The van der Waals surface area contributed by atoms with E-state index in [1.54, 1.807) is 38.5 Å². The first-order valence-electron chi connectivity index (χ1n) is 8.84. The molecule has 0 radical (unpaired) electrons. The molecular weight excluding hydrogens is 378 g/mol. The van der Waals surface area contributed by atoms with Gasteiger partial charge in [0.15, 0.2) is 10.8 Å². The minimum Gasteiger partial charge on any atom is -0.497 e. The lowest BCUT2D eigenvalue weighted by molar-refractivity contribution is -0.132. The van der Waals surface area contributed by atoms with E-state index >= 15 is 0 Å². The van der Waals surface area contributed by atoms with Gasteiger partial charge in [0.25, 0.3) is 0 Å². The zero-order valence-corrected chi connectivity index (χ0v) is 16.6. The first kappa shape index (κ1) is 18.4. The Labute approximate surface area is 168 Å². The largest absolute Gasteiger partial charge is 0.497 e. The van der Waals surface area contributed by atoms with E-state index in [0.29, 0.717) is 22.3 Å². The number of benzene rings is 2. The number of hydrogen-bond acceptors (Lipinski definition) is 5. The molecule has 1 amide bonds. The second-order valence-corrected chi connectivity index (χ2v) is 7.29. The Morgan fingerprint density at radius 1 is 1.14 bits per heavy atom. The van der Waals surface area contributed by atoms with Gasteiger partial charge in [0.1, 0.15) is 23.2 Å². The number of fused-ring (bicyclic) bond motifs is 4. The van der Waals surface area contributed by atoms with Gasteiger partial charge in [-0.25, -0.2) is 0 Å². The van der Waals surface area contributed by atoms with Gasteiger partial charge in [0.2, 0.25) is 5.91 Å². The number of carbonyl (C=O) groups is 1. The van der Waals surface area contributed by atoms with Gasteiger partial charge in [-0.2, -0.15) is 0 Å². The van der Waals surface area contributed by atoms with Crippen molar-refractivity contribution in [3.63, 3.8) is 0 Å². The van der Waals surface area contributed by atoms with Crippen LogP contribution in [0.4, 0.5) is 5.69 Å². The number of nitrogens with one attached hydrogen (secondary N) is 3. The van der Waals surface area contributed by atoms with Gasteiger partial charge < -0.3 is 30.2 Å². The minimum absolute atomic E-state index is 0.186. The molecule has 0 saturated carbocycles. The summed E-state index contributed by atoms with van der Waals surface area (Å²) in [4.78, 5) is 13.2. The van der Waals surface area contributed by atoms with Crippen molar-refractivity contribution >= 4 is 28.9 Å². The molecule has 7 nitrogen and oxygen atoms in total. The Hall–Kier alpha value is -3.00. The standard InChI is InChI=1S/C20H21N3O4S/c1-20-16(18(24)21-11-4-6-12(25-2)7-5-11)17(22-19(28)23-20)14-10-13(26-3)8-9-15(14)27-20/h4-10,16-17H,1-3H3,(H,21,24)(H2,22,23,28)/t16-,17-,20-/m1/s1. The quantitative estimate of drug-likeness (QED) is 0.682. The first-order chi connectivity index (χ1) is 13.4. The molecule has 28 heavy (non-hydrogen) atoms. The topological polar surface area (TPSA) is 80.9 Å². The van der Waals surface area contributed by atoms with Gasteiger partial charge in [-0.05, 0) is 61.6 Å². The lowest BCUT2D eigenvalue weighted by Gasteiger charge is -2.50. The Balaban J connectivity index is 1.68. The van der Waals surface area contributed by atoms with Gasteiger partial charge in [0.05, 0.1) is 20.3 Å².